The number of hydrogen-bond acceptors (Lipinski definition) is 3. The van der Waals surface area contributed by atoms with Gasteiger partial charge in [0.1, 0.15) is 6.61 Å². The third-order valence-corrected chi connectivity index (χ3v) is 5.94. The van der Waals surface area contributed by atoms with E-state index < -0.39 is 11.5 Å². The number of carboxylic acid groups (broad SMARTS) is 1. The lowest BCUT2D eigenvalue weighted by Gasteiger charge is -2.42. The molecule has 2 amide bonds. The Bertz CT molecular complexity index is 844. The zero-order valence-corrected chi connectivity index (χ0v) is 20.2. The minimum Gasteiger partial charge on any atom is -0.480 e. The summed E-state index contributed by atoms with van der Waals surface area (Å²) >= 11 is 6.63. The fourth-order valence-corrected chi connectivity index (χ4v) is 4.01. The zero-order valence-electron chi connectivity index (χ0n) is 19.4. The number of nitrogens with one attached hydrogen (secondary N) is 1. The number of carboxylic acids is 1. The maximum absolute atomic E-state index is 12.8. The van der Waals surface area contributed by atoms with Crippen molar-refractivity contribution in [1.82, 2.24) is 10.2 Å². The topological polar surface area (TPSA) is 78.9 Å². The summed E-state index contributed by atoms with van der Waals surface area (Å²) in [6, 6.07) is 5.82. The first-order chi connectivity index (χ1) is 14.3. The van der Waals surface area contributed by atoms with Gasteiger partial charge in [-0.05, 0) is 53.9 Å². The quantitative estimate of drug-likeness (QED) is 0.507. The third-order valence-electron chi connectivity index (χ3n) is 5.59. The lowest BCUT2D eigenvalue weighted by molar-refractivity contribution is -0.142. The molecule has 0 radical (unpaired) electrons. The number of amides is 2. The van der Waals surface area contributed by atoms with Crippen LogP contribution < -0.4 is 5.32 Å². The molecule has 6 nitrogen and oxygen atoms in total. The van der Waals surface area contributed by atoms with Crippen molar-refractivity contribution in [3.8, 4) is 0 Å². The van der Waals surface area contributed by atoms with Gasteiger partial charge in [-0.2, -0.15) is 0 Å². The van der Waals surface area contributed by atoms with Crippen molar-refractivity contribution in [2.24, 2.45) is 11.3 Å². The molecule has 0 saturated heterocycles. The van der Waals surface area contributed by atoms with Crippen molar-refractivity contribution in [3.63, 3.8) is 0 Å². The number of benzene rings is 1. The molecule has 7 heteroatoms. The van der Waals surface area contributed by atoms with E-state index in [9.17, 15) is 9.59 Å². The van der Waals surface area contributed by atoms with Crippen molar-refractivity contribution in [2.75, 3.05) is 19.8 Å². The Morgan fingerprint density at radius 1 is 1.32 bits per heavy atom. The van der Waals surface area contributed by atoms with Crippen LogP contribution in [0.1, 0.15) is 59.1 Å². The number of halogens is 1. The van der Waals surface area contributed by atoms with E-state index in [0.29, 0.717) is 5.02 Å². The first-order valence-electron chi connectivity index (χ1n) is 10.7. The Kier molecular flexibility index (Phi) is 8.17. The van der Waals surface area contributed by atoms with Gasteiger partial charge in [0.2, 0.25) is 0 Å². The Labute approximate surface area is 190 Å². The van der Waals surface area contributed by atoms with Crippen molar-refractivity contribution in [2.45, 2.75) is 59.9 Å². The molecule has 1 aromatic carbocycles. The molecule has 0 aromatic heterocycles. The van der Waals surface area contributed by atoms with E-state index in [-0.39, 0.29) is 37.1 Å². The van der Waals surface area contributed by atoms with Crippen LogP contribution in [-0.4, -0.2) is 41.8 Å². The lowest BCUT2D eigenvalue weighted by atomic mass is 9.78. The molecule has 0 aliphatic carbocycles. The van der Waals surface area contributed by atoms with Gasteiger partial charge in [-0.25, -0.2) is 9.59 Å². The molecule has 172 valence electrons. The first-order valence-corrected chi connectivity index (χ1v) is 11.1. The van der Waals surface area contributed by atoms with Gasteiger partial charge in [-0.1, -0.05) is 58.4 Å². The monoisotopic (exact) mass is 450 g/mol. The van der Waals surface area contributed by atoms with Crippen LogP contribution in [0.2, 0.25) is 5.02 Å². The molecule has 1 aliphatic heterocycles. The smallest absolute Gasteiger partial charge is 0.329 e. The van der Waals surface area contributed by atoms with Crippen LogP contribution in [0.25, 0.3) is 0 Å². The number of hydrogen-bond donors (Lipinski definition) is 2. The number of nitrogens with zero attached hydrogens (tertiary/aromatic N) is 1. The highest BCUT2D eigenvalue weighted by atomic mass is 35.5. The van der Waals surface area contributed by atoms with Gasteiger partial charge in [-0.15, -0.1) is 0 Å². The number of carbonyl (C=O) groups is 2. The van der Waals surface area contributed by atoms with Gasteiger partial charge < -0.3 is 15.2 Å². The van der Waals surface area contributed by atoms with Crippen molar-refractivity contribution < 1.29 is 19.4 Å². The summed E-state index contributed by atoms with van der Waals surface area (Å²) in [5, 5.41) is 12.5. The highest BCUT2D eigenvalue weighted by Crippen LogP contribution is 2.38. The van der Waals surface area contributed by atoms with Crippen molar-refractivity contribution >= 4 is 23.6 Å². The molecule has 0 spiro atoms. The van der Waals surface area contributed by atoms with Crippen LogP contribution >= 0.6 is 11.6 Å². The summed E-state index contributed by atoms with van der Waals surface area (Å²) in [6.07, 6.45) is 3.80. The Morgan fingerprint density at radius 3 is 2.55 bits per heavy atom. The van der Waals surface area contributed by atoms with Crippen molar-refractivity contribution in [3.05, 3.63) is 46.1 Å². The Morgan fingerprint density at radius 2 is 2.00 bits per heavy atom. The van der Waals surface area contributed by atoms with E-state index in [1.165, 1.54) is 4.90 Å². The van der Waals surface area contributed by atoms with Crippen LogP contribution in [0.15, 0.2) is 30.0 Å². The van der Waals surface area contributed by atoms with Gasteiger partial charge in [0.25, 0.3) is 0 Å². The molecule has 1 aromatic rings. The molecular formula is C24H35ClN2O4. The molecule has 31 heavy (non-hydrogen) atoms. The zero-order chi connectivity index (χ0) is 23.4. The van der Waals surface area contributed by atoms with Crippen molar-refractivity contribution in [1.29, 1.82) is 0 Å². The highest BCUT2D eigenvalue weighted by Gasteiger charge is 2.39. The molecule has 1 aliphatic rings. The SMILES string of the molecule is CC(C)C1=CN(CCOCC(=O)O)C(=O)NC1(C)c1ccc(CCC(C)(C)C)c(Cl)c1. The van der Waals surface area contributed by atoms with Crippen LogP contribution in [-0.2, 0) is 21.5 Å². The van der Waals surface area contributed by atoms with E-state index in [1.807, 2.05) is 25.3 Å². The van der Waals surface area contributed by atoms with E-state index in [1.54, 1.807) is 0 Å². The van der Waals surface area contributed by atoms with Gasteiger partial charge in [0, 0.05) is 11.2 Å². The summed E-state index contributed by atoms with van der Waals surface area (Å²) in [6.45, 7) is 12.8. The second-order valence-corrected chi connectivity index (χ2v) is 10.2. The lowest BCUT2D eigenvalue weighted by Crippen LogP contribution is -2.55. The number of aryl methyl sites for hydroxylation is 1. The highest BCUT2D eigenvalue weighted by molar-refractivity contribution is 6.31. The van der Waals surface area contributed by atoms with E-state index in [4.69, 9.17) is 21.4 Å². The summed E-state index contributed by atoms with van der Waals surface area (Å²) < 4.78 is 5.09. The van der Waals surface area contributed by atoms with Gasteiger partial charge in [-0.3, -0.25) is 4.90 Å². The van der Waals surface area contributed by atoms with Gasteiger partial charge in [0.05, 0.1) is 18.7 Å². The number of ether oxygens (including phenoxy) is 1. The summed E-state index contributed by atoms with van der Waals surface area (Å²) in [4.78, 5) is 24.9. The van der Waals surface area contributed by atoms with Gasteiger partial charge in [0.15, 0.2) is 0 Å². The maximum Gasteiger partial charge on any atom is 0.329 e. The number of urea groups is 1. The maximum atomic E-state index is 12.8. The molecule has 1 unspecified atom stereocenters. The average molecular weight is 451 g/mol. The third kappa shape index (κ3) is 6.71. The fourth-order valence-electron chi connectivity index (χ4n) is 3.74. The van der Waals surface area contributed by atoms with E-state index >= 15 is 0 Å². The van der Waals surface area contributed by atoms with Crippen LogP contribution in [0, 0.1) is 11.3 Å². The molecule has 0 bridgehead atoms. The number of aliphatic carboxylic acids is 1. The standard InChI is InChI=1S/C24H35ClN2O4/c1-16(2)19-14-27(11-12-31-15-21(28)29)22(30)26-24(19,6)18-8-7-17(20(25)13-18)9-10-23(3,4)5/h7-8,13-14,16H,9-12,15H2,1-6H3,(H,26,30)(H,28,29). The molecule has 1 atom stereocenters. The Hall–Kier alpha value is -2.05. The fraction of sp³-hybridized carbons (Fsp3) is 0.583. The average Bonchev–Trinajstić information content (AvgIpc) is 2.64. The summed E-state index contributed by atoms with van der Waals surface area (Å²) in [5.74, 6) is -0.857. The van der Waals surface area contributed by atoms with Crippen LogP contribution in [0.3, 0.4) is 0 Å². The molecule has 1 heterocycles. The molecule has 2 N–H and O–H groups in total. The van der Waals surface area contributed by atoms with Crippen LogP contribution in [0.5, 0.6) is 0 Å². The number of carbonyl (C=O) groups excluding carboxylic acids is 1. The molecular weight excluding hydrogens is 416 g/mol. The van der Waals surface area contributed by atoms with Gasteiger partial charge >= 0.3 is 12.0 Å². The van der Waals surface area contributed by atoms with Crippen LogP contribution in [0.4, 0.5) is 4.79 Å². The molecule has 2 rings (SSSR count). The predicted octanol–water partition coefficient (Wildman–Crippen LogP) is 5.20. The molecule has 0 saturated carbocycles. The Balaban J connectivity index is 2.26. The second-order valence-electron chi connectivity index (χ2n) is 9.80. The second kappa shape index (κ2) is 10.0. The number of rotatable bonds is 9. The first kappa shape index (κ1) is 25.2. The molecule has 0 fully saturated rings. The predicted molar refractivity (Wildman–Crippen MR) is 123 cm³/mol. The summed E-state index contributed by atoms with van der Waals surface area (Å²) in [5.41, 5.74) is 2.64. The minimum atomic E-state index is -1.03. The largest absolute Gasteiger partial charge is 0.480 e. The summed E-state index contributed by atoms with van der Waals surface area (Å²) in [7, 11) is 0. The van der Waals surface area contributed by atoms with E-state index in [0.717, 1.165) is 29.5 Å². The normalized spacial score (nSPS) is 19.4. The van der Waals surface area contributed by atoms with E-state index in [2.05, 4.69) is 46.0 Å². The minimum absolute atomic E-state index is 0.145.